The summed E-state index contributed by atoms with van der Waals surface area (Å²) < 4.78 is 0. The van der Waals surface area contributed by atoms with E-state index < -0.39 is 0 Å². The highest BCUT2D eigenvalue weighted by atomic mass is 127. The predicted molar refractivity (Wildman–Crippen MR) is 122 cm³/mol. The van der Waals surface area contributed by atoms with E-state index in [-0.39, 0.29) is 35.8 Å². The van der Waals surface area contributed by atoms with E-state index in [2.05, 4.69) is 41.7 Å². The van der Waals surface area contributed by atoms with Gasteiger partial charge in [-0.05, 0) is 43.4 Å². The second kappa shape index (κ2) is 13.8. The monoisotopic (exact) mass is 474 g/mol. The van der Waals surface area contributed by atoms with Crippen molar-refractivity contribution in [2.45, 2.75) is 54.0 Å². The van der Waals surface area contributed by atoms with Crippen LogP contribution >= 0.6 is 24.0 Å². The van der Waals surface area contributed by atoms with Crippen molar-refractivity contribution in [1.82, 2.24) is 10.6 Å². The Morgan fingerprint density at radius 1 is 1.08 bits per heavy atom. The van der Waals surface area contributed by atoms with E-state index in [1.165, 1.54) is 6.42 Å². The summed E-state index contributed by atoms with van der Waals surface area (Å²) in [6, 6.07) is 7.85. The maximum absolute atomic E-state index is 11.7. The van der Waals surface area contributed by atoms with Gasteiger partial charge in [-0.2, -0.15) is 0 Å². The molecule has 1 aromatic rings. The molecule has 5 nitrogen and oxygen atoms in total. The first kappa shape index (κ1) is 24.7. The van der Waals surface area contributed by atoms with Gasteiger partial charge in [0.05, 0.1) is 6.54 Å². The van der Waals surface area contributed by atoms with E-state index in [4.69, 9.17) is 0 Å². The molecule has 0 saturated carbocycles. The Morgan fingerprint density at radius 2 is 1.73 bits per heavy atom. The lowest BCUT2D eigenvalue weighted by Crippen LogP contribution is -2.37. The normalized spacial score (nSPS) is 11.3. The summed E-state index contributed by atoms with van der Waals surface area (Å²) in [5.41, 5.74) is 1.94. The zero-order valence-corrected chi connectivity index (χ0v) is 19.1. The van der Waals surface area contributed by atoms with Crippen LogP contribution in [-0.4, -0.2) is 25.0 Å². The molecule has 0 saturated heterocycles. The molecule has 26 heavy (non-hydrogen) atoms. The van der Waals surface area contributed by atoms with Crippen LogP contribution in [0.1, 0.15) is 53.0 Å². The number of hydrogen-bond acceptors (Lipinski definition) is 2. The third-order valence-electron chi connectivity index (χ3n) is 3.76. The Hall–Kier alpha value is -1.31. The highest BCUT2D eigenvalue weighted by molar-refractivity contribution is 14.0. The SMILES string of the molecule is CCNC(=NCc1ccc(NC(=O)C(C)C)cc1)NCCCC(C)C.I. The van der Waals surface area contributed by atoms with Gasteiger partial charge in [0.25, 0.3) is 0 Å². The van der Waals surface area contributed by atoms with Gasteiger partial charge in [-0.15, -0.1) is 24.0 Å². The van der Waals surface area contributed by atoms with Crippen LogP contribution in [0.5, 0.6) is 0 Å². The summed E-state index contributed by atoms with van der Waals surface area (Å²) in [7, 11) is 0. The molecule has 0 aliphatic heterocycles. The zero-order chi connectivity index (χ0) is 18.7. The van der Waals surface area contributed by atoms with Crippen LogP contribution in [0, 0.1) is 11.8 Å². The van der Waals surface area contributed by atoms with E-state index in [0.717, 1.165) is 42.6 Å². The lowest BCUT2D eigenvalue weighted by atomic mass is 10.1. The molecular weight excluding hydrogens is 439 g/mol. The van der Waals surface area contributed by atoms with Crippen LogP contribution in [0.15, 0.2) is 29.3 Å². The van der Waals surface area contributed by atoms with Crippen LogP contribution in [0.3, 0.4) is 0 Å². The van der Waals surface area contributed by atoms with E-state index in [0.29, 0.717) is 6.54 Å². The first-order valence-electron chi connectivity index (χ1n) is 9.34. The van der Waals surface area contributed by atoms with E-state index in [1.54, 1.807) is 0 Å². The lowest BCUT2D eigenvalue weighted by molar-refractivity contribution is -0.118. The molecule has 0 atom stereocenters. The highest BCUT2D eigenvalue weighted by Crippen LogP contribution is 2.11. The molecule has 0 aliphatic rings. The molecule has 1 rings (SSSR count). The second-order valence-corrected chi connectivity index (χ2v) is 7.00. The summed E-state index contributed by atoms with van der Waals surface area (Å²) in [4.78, 5) is 16.3. The molecule has 0 fully saturated rings. The summed E-state index contributed by atoms with van der Waals surface area (Å²) in [5, 5.41) is 9.55. The molecule has 6 heteroatoms. The van der Waals surface area contributed by atoms with Crippen molar-refractivity contribution in [3.8, 4) is 0 Å². The Balaban J connectivity index is 0.00000625. The van der Waals surface area contributed by atoms with Crippen molar-refractivity contribution < 1.29 is 4.79 Å². The van der Waals surface area contributed by atoms with Gasteiger partial charge in [-0.1, -0.05) is 39.8 Å². The molecule has 148 valence electrons. The van der Waals surface area contributed by atoms with Gasteiger partial charge in [0.1, 0.15) is 0 Å². The van der Waals surface area contributed by atoms with Crippen LogP contribution in [-0.2, 0) is 11.3 Å². The number of benzene rings is 1. The number of aliphatic imine (C=N–C) groups is 1. The van der Waals surface area contributed by atoms with Crippen molar-refractivity contribution in [2.24, 2.45) is 16.8 Å². The van der Waals surface area contributed by atoms with E-state index in [1.807, 2.05) is 38.1 Å². The fraction of sp³-hybridized carbons (Fsp3) is 0.600. The van der Waals surface area contributed by atoms with E-state index in [9.17, 15) is 4.79 Å². The molecular formula is C20H35IN4O. The Labute approximate surface area is 175 Å². The maximum Gasteiger partial charge on any atom is 0.226 e. The first-order chi connectivity index (χ1) is 11.9. The van der Waals surface area contributed by atoms with Gasteiger partial charge in [-0.25, -0.2) is 4.99 Å². The van der Waals surface area contributed by atoms with E-state index >= 15 is 0 Å². The number of halogens is 1. The minimum absolute atomic E-state index is 0. The number of nitrogens with one attached hydrogen (secondary N) is 3. The van der Waals surface area contributed by atoms with Crippen molar-refractivity contribution in [2.75, 3.05) is 18.4 Å². The summed E-state index contributed by atoms with van der Waals surface area (Å²) in [5.74, 6) is 1.60. The second-order valence-electron chi connectivity index (χ2n) is 7.00. The summed E-state index contributed by atoms with van der Waals surface area (Å²) in [6.07, 6.45) is 2.36. The van der Waals surface area contributed by atoms with Crippen LogP contribution in [0.25, 0.3) is 0 Å². The Morgan fingerprint density at radius 3 is 2.27 bits per heavy atom. The maximum atomic E-state index is 11.7. The highest BCUT2D eigenvalue weighted by Gasteiger charge is 2.06. The van der Waals surface area contributed by atoms with Crippen LogP contribution in [0.2, 0.25) is 0 Å². The predicted octanol–water partition coefficient (Wildman–Crippen LogP) is 4.39. The number of anilines is 1. The largest absolute Gasteiger partial charge is 0.357 e. The average molecular weight is 474 g/mol. The number of hydrogen-bond donors (Lipinski definition) is 3. The lowest BCUT2D eigenvalue weighted by Gasteiger charge is -2.12. The molecule has 0 aromatic heterocycles. The molecule has 1 aromatic carbocycles. The quantitative estimate of drug-likeness (QED) is 0.215. The molecule has 0 radical (unpaired) electrons. The van der Waals surface area contributed by atoms with Crippen molar-refractivity contribution in [3.63, 3.8) is 0 Å². The van der Waals surface area contributed by atoms with Crippen LogP contribution in [0.4, 0.5) is 5.69 Å². The van der Waals surface area contributed by atoms with Crippen LogP contribution < -0.4 is 16.0 Å². The number of guanidine groups is 1. The van der Waals surface area contributed by atoms with Gasteiger partial charge in [0, 0.05) is 24.7 Å². The van der Waals surface area contributed by atoms with Crippen molar-refractivity contribution >= 4 is 41.5 Å². The smallest absolute Gasteiger partial charge is 0.226 e. The molecule has 1 amide bonds. The standard InChI is InChI=1S/C20H34N4O.HI/c1-6-21-20(22-13-7-8-15(2)3)23-14-17-9-11-18(12-10-17)24-19(25)16(4)5;/h9-12,15-16H,6-8,13-14H2,1-5H3,(H,24,25)(H2,21,22,23);1H. The number of rotatable bonds is 9. The Kier molecular flexibility index (Phi) is 13.1. The molecule has 0 heterocycles. The number of nitrogens with zero attached hydrogens (tertiary/aromatic N) is 1. The number of amides is 1. The van der Waals surface area contributed by atoms with Crippen molar-refractivity contribution in [3.05, 3.63) is 29.8 Å². The number of carbonyl (C=O) groups excluding carboxylic acids is 1. The fourth-order valence-electron chi connectivity index (χ4n) is 2.21. The van der Waals surface area contributed by atoms with Gasteiger partial charge in [-0.3, -0.25) is 4.79 Å². The summed E-state index contributed by atoms with van der Waals surface area (Å²) >= 11 is 0. The molecule has 3 N–H and O–H groups in total. The van der Waals surface area contributed by atoms with Gasteiger partial charge < -0.3 is 16.0 Å². The zero-order valence-electron chi connectivity index (χ0n) is 16.8. The summed E-state index contributed by atoms with van der Waals surface area (Å²) in [6.45, 7) is 12.7. The topological polar surface area (TPSA) is 65.5 Å². The first-order valence-corrected chi connectivity index (χ1v) is 9.34. The molecule has 0 unspecified atom stereocenters. The molecule has 0 bridgehead atoms. The fourth-order valence-corrected chi connectivity index (χ4v) is 2.21. The van der Waals surface area contributed by atoms with Gasteiger partial charge in [0.15, 0.2) is 5.96 Å². The third-order valence-corrected chi connectivity index (χ3v) is 3.76. The Bertz CT molecular complexity index is 541. The van der Waals surface area contributed by atoms with Gasteiger partial charge in [0.2, 0.25) is 5.91 Å². The minimum atomic E-state index is -0.0197. The molecule has 0 spiro atoms. The minimum Gasteiger partial charge on any atom is -0.357 e. The molecule has 0 aliphatic carbocycles. The number of carbonyl (C=O) groups is 1. The average Bonchev–Trinajstić information content (AvgIpc) is 2.57. The van der Waals surface area contributed by atoms with Gasteiger partial charge >= 0.3 is 0 Å². The van der Waals surface area contributed by atoms with Crippen molar-refractivity contribution in [1.29, 1.82) is 0 Å². The third kappa shape index (κ3) is 10.6.